The van der Waals surface area contributed by atoms with Crippen LogP contribution < -0.4 is 4.90 Å². The van der Waals surface area contributed by atoms with E-state index in [4.69, 9.17) is 9.72 Å². The van der Waals surface area contributed by atoms with Gasteiger partial charge in [-0.1, -0.05) is 23.8 Å². The standard InChI is InChI=1S/C15H18N2OS/c1-12-3-2-4-13(9-12)15-16-14(11-19-15)10-17-5-7-18-8-6-17/h2-4,9,11H,5-8,10H2,1H3/p+1. The van der Waals surface area contributed by atoms with Crippen molar-refractivity contribution >= 4 is 11.3 Å². The number of hydrogen-bond acceptors (Lipinski definition) is 3. The van der Waals surface area contributed by atoms with Gasteiger partial charge >= 0.3 is 0 Å². The fraction of sp³-hybridized carbons (Fsp3) is 0.400. The molecule has 0 bridgehead atoms. The molecule has 0 spiro atoms. The summed E-state index contributed by atoms with van der Waals surface area (Å²) in [5.41, 5.74) is 3.72. The summed E-state index contributed by atoms with van der Waals surface area (Å²) in [4.78, 5) is 6.35. The summed E-state index contributed by atoms with van der Waals surface area (Å²) in [6.45, 7) is 7.09. The average Bonchev–Trinajstić information content (AvgIpc) is 2.88. The molecule has 1 fully saturated rings. The van der Waals surface area contributed by atoms with Gasteiger partial charge in [-0.3, -0.25) is 0 Å². The first-order chi connectivity index (χ1) is 9.31. The number of thiazole rings is 1. The van der Waals surface area contributed by atoms with Gasteiger partial charge in [-0.2, -0.15) is 0 Å². The van der Waals surface area contributed by atoms with Crippen molar-refractivity contribution in [2.24, 2.45) is 0 Å². The number of aromatic nitrogens is 1. The minimum atomic E-state index is 0.879. The van der Waals surface area contributed by atoms with Crippen molar-refractivity contribution < 1.29 is 9.64 Å². The molecule has 4 heteroatoms. The van der Waals surface area contributed by atoms with Crippen molar-refractivity contribution in [1.29, 1.82) is 0 Å². The lowest BCUT2D eigenvalue weighted by Gasteiger charge is -2.22. The summed E-state index contributed by atoms with van der Waals surface area (Å²) in [6.07, 6.45) is 0. The first kappa shape index (κ1) is 12.8. The highest BCUT2D eigenvalue weighted by Crippen LogP contribution is 2.24. The van der Waals surface area contributed by atoms with Crippen LogP contribution in [0.25, 0.3) is 10.6 Å². The first-order valence-electron chi connectivity index (χ1n) is 6.74. The van der Waals surface area contributed by atoms with Gasteiger partial charge in [0.05, 0.1) is 13.2 Å². The van der Waals surface area contributed by atoms with Crippen LogP contribution >= 0.6 is 11.3 Å². The third kappa shape index (κ3) is 3.21. The van der Waals surface area contributed by atoms with Crippen LogP contribution in [-0.4, -0.2) is 31.3 Å². The summed E-state index contributed by atoms with van der Waals surface area (Å²) >= 11 is 1.74. The summed E-state index contributed by atoms with van der Waals surface area (Å²) in [6, 6.07) is 8.55. The summed E-state index contributed by atoms with van der Waals surface area (Å²) in [5, 5.41) is 3.33. The van der Waals surface area contributed by atoms with Crippen molar-refractivity contribution in [3.63, 3.8) is 0 Å². The van der Waals surface area contributed by atoms with E-state index in [-0.39, 0.29) is 0 Å². The van der Waals surface area contributed by atoms with Crippen LogP contribution in [0.4, 0.5) is 0 Å². The van der Waals surface area contributed by atoms with Crippen LogP contribution in [0, 0.1) is 6.92 Å². The smallest absolute Gasteiger partial charge is 0.123 e. The van der Waals surface area contributed by atoms with Gasteiger partial charge < -0.3 is 9.64 Å². The molecular formula is C15H19N2OS+. The van der Waals surface area contributed by atoms with E-state index in [0.29, 0.717) is 0 Å². The molecule has 0 amide bonds. The molecule has 0 atom stereocenters. The SMILES string of the molecule is Cc1cccc(-c2nc(C[NH+]3CCOCC3)cs2)c1. The highest BCUT2D eigenvalue weighted by Gasteiger charge is 2.16. The second kappa shape index (κ2) is 5.82. The van der Waals surface area contributed by atoms with Crippen molar-refractivity contribution in [3.8, 4) is 10.6 Å². The molecule has 0 saturated carbocycles. The fourth-order valence-corrected chi connectivity index (χ4v) is 3.21. The Labute approximate surface area is 117 Å². The molecule has 1 aliphatic rings. The van der Waals surface area contributed by atoms with Crippen molar-refractivity contribution in [3.05, 3.63) is 40.9 Å². The molecule has 1 aliphatic heterocycles. The Kier molecular flexibility index (Phi) is 3.92. The van der Waals surface area contributed by atoms with Crippen molar-refractivity contribution in [2.75, 3.05) is 26.3 Å². The van der Waals surface area contributed by atoms with E-state index >= 15 is 0 Å². The fourth-order valence-electron chi connectivity index (χ4n) is 2.39. The van der Waals surface area contributed by atoms with E-state index in [9.17, 15) is 0 Å². The summed E-state index contributed by atoms with van der Waals surface area (Å²) in [5.74, 6) is 0. The van der Waals surface area contributed by atoms with Gasteiger partial charge in [0, 0.05) is 10.9 Å². The second-order valence-electron chi connectivity index (χ2n) is 5.05. The van der Waals surface area contributed by atoms with Crippen molar-refractivity contribution in [1.82, 2.24) is 4.98 Å². The number of benzene rings is 1. The minimum Gasteiger partial charge on any atom is -0.370 e. The van der Waals surface area contributed by atoms with Crippen molar-refractivity contribution in [2.45, 2.75) is 13.5 Å². The second-order valence-corrected chi connectivity index (χ2v) is 5.91. The quantitative estimate of drug-likeness (QED) is 0.919. The molecule has 1 N–H and O–H groups in total. The van der Waals surface area contributed by atoms with Gasteiger partial charge in [-0.25, -0.2) is 4.98 Å². The molecule has 1 aromatic heterocycles. The number of ether oxygens (including phenoxy) is 1. The Hall–Kier alpha value is -1.23. The molecule has 19 heavy (non-hydrogen) atoms. The van der Waals surface area contributed by atoms with Gasteiger partial charge in [-0.05, 0) is 13.0 Å². The predicted molar refractivity (Wildman–Crippen MR) is 77.5 cm³/mol. The van der Waals surface area contributed by atoms with Crippen LogP contribution in [0.3, 0.4) is 0 Å². The minimum absolute atomic E-state index is 0.879. The summed E-state index contributed by atoms with van der Waals surface area (Å²) < 4.78 is 5.39. The molecule has 1 aromatic carbocycles. The Morgan fingerprint density at radius 2 is 2.16 bits per heavy atom. The molecule has 2 heterocycles. The highest BCUT2D eigenvalue weighted by molar-refractivity contribution is 7.13. The number of rotatable bonds is 3. The lowest BCUT2D eigenvalue weighted by atomic mass is 10.1. The van der Waals surface area contributed by atoms with Gasteiger partial charge in [0.2, 0.25) is 0 Å². The zero-order chi connectivity index (χ0) is 13.1. The van der Waals surface area contributed by atoms with Crippen LogP contribution in [0.2, 0.25) is 0 Å². The molecular weight excluding hydrogens is 256 g/mol. The van der Waals surface area contributed by atoms with E-state index in [0.717, 1.165) is 37.9 Å². The number of quaternary nitrogens is 1. The van der Waals surface area contributed by atoms with Crippen LogP contribution in [0.1, 0.15) is 11.3 Å². The zero-order valence-electron chi connectivity index (χ0n) is 11.2. The van der Waals surface area contributed by atoms with E-state index in [1.54, 1.807) is 16.2 Å². The van der Waals surface area contributed by atoms with E-state index in [1.165, 1.54) is 16.8 Å². The van der Waals surface area contributed by atoms with E-state index in [1.807, 2.05) is 0 Å². The molecule has 1 saturated heterocycles. The number of nitrogens with zero attached hydrogens (tertiary/aromatic N) is 1. The Balaban J connectivity index is 1.72. The lowest BCUT2D eigenvalue weighted by molar-refractivity contribution is -0.921. The van der Waals surface area contributed by atoms with Gasteiger partial charge in [0.25, 0.3) is 0 Å². The molecule has 3 rings (SSSR count). The Bertz CT molecular complexity index is 547. The molecule has 3 nitrogen and oxygen atoms in total. The maximum absolute atomic E-state index is 5.39. The average molecular weight is 275 g/mol. The molecule has 0 aliphatic carbocycles. The molecule has 0 unspecified atom stereocenters. The van der Waals surface area contributed by atoms with Gasteiger partial charge in [0.15, 0.2) is 0 Å². The first-order valence-corrected chi connectivity index (χ1v) is 7.62. The maximum atomic E-state index is 5.39. The largest absolute Gasteiger partial charge is 0.370 e. The normalized spacial score (nSPS) is 16.7. The highest BCUT2D eigenvalue weighted by atomic mass is 32.1. The Morgan fingerprint density at radius 3 is 2.95 bits per heavy atom. The summed E-state index contributed by atoms with van der Waals surface area (Å²) in [7, 11) is 0. The molecule has 0 radical (unpaired) electrons. The third-order valence-electron chi connectivity index (χ3n) is 3.45. The molecule has 2 aromatic rings. The maximum Gasteiger partial charge on any atom is 0.123 e. The number of morpholine rings is 1. The predicted octanol–water partition coefficient (Wildman–Crippen LogP) is 1.53. The zero-order valence-corrected chi connectivity index (χ0v) is 12.0. The number of nitrogens with one attached hydrogen (secondary N) is 1. The topological polar surface area (TPSA) is 26.6 Å². The van der Waals surface area contributed by atoms with E-state index < -0.39 is 0 Å². The Morgan fingerprint density at radius 1 is 1.32 bits per heavy atom. The van der Waals surface area contributed by atoms with Crippen LogP contribution in [0.15, 0.2) is 29.6 Å². The van der Waals surface area contributed by atoms with Gasteiger partial charge in [-0.15, -0.1) is 11.3 Å². The van der Waals surface area contributed by atoms with E-state index in [2.05, 4.69) is 36.6 Å². The van der Waals surface area contributed by atoms with Crippen LogP contribution in [0.5, 0.6) is 0 Å². The lowest BCUT2D eigenvalue weighted by Crippen LogP contribution is -3.12. The third-order valence-corrected chi connectivity index (χ3v) is 4.39. The number of hydrogen-bond donors (Lipinski definition) is 1. The monoisotopic (exact) mass is 275 g/mol. The van der Waals surface area contributed by atoms with Gasteiger partial charge in [0.1, 0.15) is 30.3 Å². The number of aryl methyl sites for hydroxylation is 1. The molecule has 100 valence electrons. The van der Waals surface area contributed by atoms with Crippen LogP contribution in [-0.2, 0) is 11.3 Å².